The molecule has 2 rings (SSSR count). The molecule has 1 atom stereocenters. The molecule has 0 spiro atoms. The molecule has 0 radical (unpaired) electrons. The van der Waals surface area contributed by atoms with Gasteiger partial charge in [-0.25, -0.2) is 0 Å². The molecule has 0 saturated carbocycles. The summed E-state index contributed by atoms with van der Waals surface area (Å²) in [5.74, 6) is 0. The van der Waals surface area contributed by atoms with Crippen LogP contribution in [-0.4, -0.2) is 6.54 Å². The molecule has 1 unspecified atom stereocenters. The molecular formula is C16H19Br2NS. The van der Waals surface area contributed by atoms with Crippen molar-refractivity contribution in [3.63, 3.8) is 0 Å². The smallest absolute Gasteiger partial charge is 0.0682 e. The molecule has 4 heteroatoms. The van der Waals surface area contributed by atoms with Crippen LogP contribution in [0.1, 0.15) is 41.0 Å². The van der Waals surface area contributed by atoms with Gasteiger partial charge < -0.3 is 5.32 Å². The van der Waals surface area contributed by atoms with Gasteiger partial charge in [-0.1, -0.05) is 35.0 Å². The zero-order valence-corrected chi connectivity index (χ0v) is 16.0. The molecule has 20 heavy (non-hydrogen) atoms. The topological polar surface area (TPSA) is 12.0 Å². The number of nitrogens with one attached hydrogen (secondary N) is 1. The maximum Gasteiger partial charge on any atom is 0.0682 e. The summed E-state index contributed by atoms with van der Waals surface area (Å²) < 4.78 is 2.40. The number of thiophene rings is 1. The van der Waals surface area contributed by atoms with Gasteiger partial charge in [0.25, 0.3) is 0 Å². The first-order valence-corrected chi connectivity index (χ1v) is 9.24. The van der Waals surface area contributed by atoms with E-state index < -0.39 is 0 Å². The van der Waals surface area contributed by atoms with Crippen LogP contribution in [0, 0.1) is 13.8 Å². The van der Waals surface area contributed by atoms with E-state index in [9.17, 15) is 0 Å². The largest absolute Gasteiger partial charge is 0.306 e. The third-order valence-electron chi connectivity index (χ3n) is 3.30. The molecule has 2 aromatic rings. The molecule has 0 amide bonds. The Morgan fingerprint density at radius 1 is 1.20 bits per heavy atom. The molecule has 1 aromatic heterocycles. The van der Waals surface area contributed by atoms with Crippen molar-refractivity contribution in [3.05, 3.63) is 54.1 Å². The zero-order valence-electron chi connectivity index (χ0n) is 12.0. The molecule has 0 bridgehead atoms. The van der Waals surface area contributed by atoms with Gasteiger partial charge in [0.1, 0.15) is 0 Å². The van der Waals surface area contributed by atoms with Gasteiger partial charge >= 0.3 is 0 Å². The fraction of sp³-hybridized carbons (Fsp3) is 0.375. The maximum atomic E-state index is 3.67. The highest BCUT2D eigenvalue weighted by molar-refractivity contribution is 9.10. The standard InChI is InChI=1S/C16H19Br2NS/c1-4-6-19-15(16-13(17)5-7-20-16)12-8-10(2)14(18)11(3)9-12/h5,7-9,15,19H,4,6H2,1-3H3. The number of hydrogen-bond donors (Lipinski definition) is 1. The molecule has 0 saturated heterocycles. The van der Waals surface area contributed by atoms with E-state index in [1.165, 1.54) is 30.5 Å². The third kappa shape index (κ3) is 3.53. The van der Waals surface area contributed by atoms with Gasteiger partial charge in [-0.2, -0.15) is 0 Å². The highest BCUT2D eigenvalue weighted by Crippen LogP contribution is 2.35. The first-order valence-electron chi connectivity index (χ1n) is 6.77. The van der Waals surface area contributed by atoms with Crippen molar-refractivity contribution in [2.45, 2.75) is 33.2 Å². The Morgan fingerprint density at radius 2 is 1.85 bits per heavy atom. The normalized spacial score (nSPS) is 12.7. The molecule has 1 N–H and O–H groups in total. The number of hydrogen-bond acceptors (Lipinski definition) is 2. The minimum Gasteiger partial charge on any atom is -0.306 e. The molecule has 1 nitrogen and oxygen atoms in total. The Morgan fingerprint density at radius 3 is 2.35 bits per heavy atom. The van der Waals surface area contributed by atoms with Gasteiger partial charge in [0, 0.05) is 13.8 Å². The van der Waals surface area contributed by atoms with Crippen LogP contribution in [0.15, 0.2) is 32.5 Å². The SMILES string of the molecule is CCCNC(c1cc(C)c(Br)c(C)c1)c1sccc1Br. The van der Waals surface area contributed by atoms with Crippen LogP contribution in [0.2, 0.25) is 0 Å². The second kappa shape index (κ2) is 7.21. The number of halogens is 2. The van der Waals surface area contributed by atoms with Crippen molar-refractivity contribution in [2.75, 3.05) is 6.54 Å². The van der Waals surface area contributed by atoms with Crippen molar-refractivity contribution >= 4 is 43.2 Å². The van der Waals surface area contributed by atoms with Gasteiger partial charge in [0.05, 0.1) is 6.04 Å². The summed E-state index contributed by atoms with van der Waals surface area (Å²) in [4.78, 5) is 1.35. The molecular weight excluding hydrogens is 398 g/mol. The average Bonchev–Trinajstić information content (AvgIpc) is 2.83. The lowest BCUT2D eigenvalue weighted by molar-refractivity contribution is 0.604. The summed E-state index contributed by atoms with van der Waals surface area (Å²) in [7, 11) is 0. The van der Waals surface area contributed by atoms with E-state index in [0.29, 0.717) is 0 Å². The Kier molecular flexibility index (Phi) is 5.84. The summed E-state index contributed by atoms with van der Waals surface area (Å²) in [6, 6.07) is 6.93. The molecule has 0 aliphatic rings. The van der Waals surface area contributed by atoms with Gasteiger partial charge in [0.15, 0.2) is 0 Å². The molecule has 1 heterocycles. The Hall–Kier alpha value is -0.160. The number of benzene rings is 1. The van der Waals surface area contributed by atoms with Crippen LogP contribution >= 0.6 is 43.2 Å². The summed E-state index contributed by atoms with van der Waals surface area (Å²) in [5.41, 5.74) is 3.91. The van der Waals surface area contributed by atoms with E-state index in [0.717, 1.165) is 13.0 Å². The van der Waals surface area contributed by atoms with Crippen molar-refractivity contribution in [2.24, 2.45) is 0 Å². The summed E-state index contributed by atoms with van der Waals surface area (Å²) in [5, 5.41) is 5.81. The van der Waals surface area contributed by atoms with E-state index >= 15 is 0 Å². The second-order valence-corrected chi connectivity index (χ2v) is 7.58. The second-order valence-electron chi connectivity index (χ2n) is 4.99. The third-order valence-corrected chi connectivity index (χ3v) is 6.48. The Balaban J connectivity index is 2.44. The zero-order chi connectivity index (χ0) is 14.7. The molecule has 0 fully saturated rings. The molecule has 0 aliphatic carbocycles. The minimum absolute atomic E-state index is 0.259. The van der Waals surface area contributed by atoms with Crippen molar-refractivity contribution in [1.82, 2.24) is 5.32 Å². The van der Waals surface area contributed by atoms with Gasteiger partial charge in [0.2, 0.25) is 0 Å². The summed E-state index contributed by atoms with van der Waals surface area (Å²) >= 11 is 9.12. The first kappa shape index (κ1) is 16.2. The quantitative estimate of drug-likeness (QED) is 0.632. The van der Waals surface area contributed by atoms with Crippen LogP contribution in [0.4, 0.5) is 0 Å². The molecule has 1 aromatic carbocycles. The predicted molar refractivity (Wildman–Crippen MR) is 95.8 cm³/mol. The van der Waals surface area contributed by atoms with E-state index in [1.54, 1.807) is 11.3 Å². The summed E-state index contributed by atoms with van der Waals surface area (Å²) in [6.45, 7) is 7.52. The van der Waals surface area contributed by atoms with Crippen molar-refractivity contribution in [1.29, 1.82) is 0 Å². The maximum absolute atomic E-state index is 3.67. The fourth-order valence-electron chi connectivity index (χ4n) is 2.31. The molecule has 108 valence electrons. The van der Waals surface area contributed by atoms with Crippen LogP contribution in [0.25, 0.3) is 0 Å². The first-order chi connectivity index (χ1) is 9.54. The highest BCUT2D eigenvalue weighted by atomic mass is 79.9. The Labute approximate surface area is 142 Å². The lowest BCUT2D eigenvalue weighted by Gasteiger charge is -2.20. The van der Waals surface area contributed by atoms with Crippen LogP contribution < -0.4 is 5.32 Å². The number of aryl methyl sites for hydroxylation is 2. The minimum atomic E-state index is 0.259. The van der Waals surface area contributed by atoms with Gasteiger partial charge in [-0.3, -0.25) is 0 Å². The van der Waals surface area contributed by atoms with Crippen molar-refractivity contribution in [3.8, 4) is 0 Å². The van der Waals surface area contributed by atoms with Crippen molar-refractivity contribution < 1.29 is 0 Å². The fourth-order valence-corrected chi connectivity index (χ4v) is 4.24. The lowest BCUT2D eigenvalue weighted by Crippen LogP contribution is -2.23. The molecule has 0 aliphatic heterocycles. The monoisotopic (exact) mass is 415 g/mol. The van der Waals surface area contributed by atoms with E-state index in [2.05, 4.69) is 81.5 Å². The van der Waals surface area contributed by atoms with Crippen LogP contribution in [-0.2, 0) is 0 Å². The van der Waals surface area contributed by atoms with Crippen LogP contribution in [0.5, 0.6) is 0 Å². The summed E-state index contributed by atoms with van der Waals surface area (Å²) in [6.07, 6.45) is 1.13. The average molecular weight is 417 g/mol. The van der Waals surface area contributed by atoms with Crippen LogP contribution in [0.3, 0.4) is 0 Å². The highest BCUT2D eigenvalue weighted by Gasteiger charge is 2.18. The van der Waals surface area contributed by atoms with Gasteiger partial charge in [-0.15, -0.1) is 11.3 Å². The van der Waals surface area contributed by atoms with E-state index in [1.807, 2.05) is 0 Å². The van der Waals surface area contributed by atoms with E-state index in [4.69, 9.17) is 0 Å². The van der Waals surface area contributed by atoms with E-state index in [-0.39, 0.29) is 6.04 Å². The van der Waals surface area contributed by atoms with Gasteiger partial charge in [-0.05, 0) is 70.9 Å². The predicted octanol–water partition coefficient (Wildman–Crippen LogP) is 5.98. The Bertz CT molecular complexity index is 569. The lowest BCUT2D eigenvalue weighted by atomic mass is 10.00. The number of rotatable bonds is 5.